The SMILES string of the molecule is CN=C(O/N=C/c1ccc(CN2CC(C)C2)c2ccccc12)c1ccc(OC(C)C)c(S(=O)(=O)c2ccc(Br)cc2)c1. The quantitative estimate of drug-likeness (QED) is 0.110. The van der Waals surface area contributed by atoms with Gasteiger partial charge in [-0.1, -0.05) is 64.4 Å². The normalized spacial score (nSPS) is 15.0. The smallest absolute Gasteiger partial charge is 0.251 e. The Labute approximate surface area is 255 Å². The van der Waals surface area contributed by atoms with Crippen molar-refractivity contribution in [3.63, 3.8) is 0 Å². The van der Waals surface area contributed by atoms with Crippen LogP contribution in [-0.4, -0.2) is 51.7 Å². The van der Waals surface area contributed by atoms with Gasteiger partial charge in [-0.25, -0.2) is 8.42 Å². The maximum absolute atomic E-state index is 13.7. The van der Waals surface area contributed by atoms with Crippen LogP contribution in [0.3, 0.4) is 0 Å². The molecular formula is C33H34BrN3O4S. The van der Waals surface area contributed by atoms with Gasteiger partial charge in [0.2, 0.25) is 9.84 Å². The number of halogens is 1. The average Bonchev–Trinajstić information content (AvgIpc) is 2.95. The van der Waals surface area contributed by atoms with Crippen molar-refractivity contribution < 1.29 is 18.0 Å². The molecule has 0 spiro atoms. The molecule has 0 radical (unpaired) electrons. The van der Waals surface area contributed by atoms with Crippen LogP contribution in [0, 0.1) is 5.92 Å². The van der Waals surface area contributed by atoms with Crippen LogP contribution in [0.4, 0.5) is 0 Å². The number of aliphatic imine (C=N–C) groups is 1. The molecule has 42 heavy (non-hydrogen) atoms. The van der Waals surface area contributed by atoms with Crippen LogP contribution in [0.2, 0.25) is 0 Å². The molecule has 1 saturated heterocycles. The van der Waals surface area contributed by atoms with E-state index in [2.05, 4.69) is 68.2 Å². The van der Waals surface area contributed by atoms with E-state index in [0.717, 1.165) is 41.0 Å². The summed E-state index contributed by atoms with van der Waals surface area (Å²) < 4.78 is 34.0. The van der Waals surface area contributed by atoms with Crippen molar-refractivity contribution in [1.82, 2.24) is 4.90 Å². The molecule has 7 nitrogen and oxygen atoms in total. The molecule has 0 saturated carbocycles. The first-order chi connectivity index (χ1) is 20.2. The molecule has 1 aliphatic rings. The van der Waals surface area contributed by atoms with E-state index in [1.807, 2.05) is 19.9 Å². The van der Waals surface area contributed by atoms with Crippen molar-refractivity contribution in [1.29, 1.82) is 0 Å². The summed E-state index contributed by atoms with van der Waals surface area (Å²) in [6.45, 7) is 9.15. The minimum absolute atomic E-state index is 0.0305. The summed E-state index contributed by atoms with van der Waals surface area (Å²) in [5, 5.41) is 6.52. The Morgan fingerprint density at radius 1 is 1.02 bits per heavy atom. The van der Waals surface area contributed by atoms with Crippen molar-refractivity contribution in [2.45, 2.75) is 43.2 Å². The van der Waals surface area contributed by atoms with Crippen LogP contribution < -0.4 is 4.74 Å². The fourth-order valence-electron chi connectivity index (χ4n) is 5.13. The highest BCUT2D eigenvalue weighted by Crippen LogP contribution is 2.32. The van der Waals surface area contributed by atoms with Gasteiger partial charge in [0, 0.05) is 42.3 Å². The fraction of sp³-hybridized carbons (Fsp3) is 0.273. The predicted molar refractivity (Wildman–Crippen MR) is 171 cm³/mol. The van der Waals surface area contributed by atoms with Crippen LogP contribution in [-0.2, 0) is 21.2 Å². The number of fused-ring (bicyclic) bond motifs is 1. The lowest BCUT2D eigenvalue weighted by molar-refractivity contribution is 0.105. The van der Waals surface area contributed by atoms with Gasteiger partial charge < -0.3 is 9.57 Å². The van der Waals surface area contributed by atoms with Gasteiger partial charge in [0.15, 0.2) is 0 Å². The fourth-order valence-corrected chi connectivity index (χ4v) is 6.81. The average molecular weight is 649 g/mol. The minimum Gasteiger partial charge on any atom is -0.490 e. The van der Waals surface area contributed by atoms with Crippen LogP contribution in [0.5, 0.6) is 5.75 Å². The Morgan fingerprint density at radius 3 is 2.40 bits per heavy atom. The summed E-state index contributed by atoms with van der Waals surface area (Å²) in [7, 11) is -2.32. The van der Waals surface area contributed by atoms with Crippen LogP contribution >= 0.6 is 15.9 Å². The molecule has 0 atom stereocenters. The Morgan fingerprint density at radius 2 is 1.74 bits per heavy atom. The topological polar surface area (TPSA) is 80.6 Å². The second-order valence-corrected chi connectivity index (χ2v) is 13.6. The van der Waals surface area contributed by atoms with E-state index in [4.69, 9.17) is 9.57 Å². The number of likely N-dealkylation sites (tertiary alicyclic amines) is 1. The first-order valence-electron chi connectivity index (χ1n) is 13.9. The molecule has 4 aromatic carbocycles. The summed E-state index contributed by atoms with van der Waals surface area (Å²) in [6.07, 6.45) is 1.45. The lowest BCUT2D eigenvalue weighted by Crippen LogP contribution is -2.44. The molecule has 0 aromatic heterocycles. The maximum Gasteiger partial charge on any atom is 0.251 e. The summed E-state index contributed by atoms with van der Waals surface area (Å²) in [4.78, 5) is 12.6. The summed E-state index contributed by atoms with van der Waals surface area (Å²) >= 11 is 3.36. The van der Waals surface area contributed by atoms with Gasteiger partial charge in [0.05, 0.1) is 17.2 Å². The Kier molecular flexibility index (Phi) is 9.11. The van der Waals surface area contributed by atoms with Gasteiger partial charge >= 0.3 is 0 Å². The largest absolute Gasteiger partial charge is 0.490 e. The number of benzene rings is 4. The van der Waals surface area contributed by atoms with Gasteiger partial charge in [-0.05, 0) is 78.6 Å². The molecule has 0 aliphatic carbocycles. The maximum atomic E-state index is 13.7. The van der Waals surface area contributed by atoms with E-state index in [9.17, 15) is 8.42 Å². The van der Waals surface area contributed by atoms with Gasteiger partial charge in [-0.2, -0.15) is 0 Å². The summed E-state index contributed by atoms with van der Waals surface area (Å²) in [6, 6.07) is 23.9. The molecule has 0 bridgehead atoms. The molecule has 9 heteroatoms. The zero-order valence-electron chi connectivity index (χ0n) is 24.1. The first kappa shape index (κ1) is 29.9. The number of oxime groups is 1. The second kappa shape index (κ2) is 12.8. The number of sulfone groups is 1. The van der Waals surface area contributed by atoms with Crippen molar-refractivity contribution in [3.8, 4) is 5.75 Å². The van der Waals surface area contributed by atoms with E-state index >= 15 is 0 Å². The number of hydrogen-bond acceptors (Lipinski definition) is 7. The van der Waals surface area contributed by atoms with E-state index in [1.54, 1.807) is 49.7 Å². The minimum atomic E-state index is -3.90. The zero-order chi connectivity index (χ0) is 29.9. The second-order valence-electron chi connectivity index (χ2n) is 10.8. The molecule has 1 fully saturated rings. The van der Waals surface area contributed by atoms with E-state index in [1.165, 1.54) is 17.0 Å². The zero-order valence-corrected chi connectivity index (χ0v) is 26.5. The Hall–Kier alpha value is -3.53. The third-order valence-corrected chi connectivity index (χ3v) is 9.40. The molecule has 0 N–H and O–H groups in total. The van der Waals surface area contributed by atoms with Crippen LogP contribution in [0.25, 0.3) is 10.8 Å². The molecule has 0 amide bonds. The number of nitrogens with zero attached hydrogens (tertiary/aromatic N) is 3. The van der Waals surface area contributed by atoms with Crippen LogP contribution in [0.1, 0.15) is 37.5 Å². The Bertz CT molecular complexity index is 1750. The van der Waals surface area contributed by atoms with Crippen LogP contribution in [0.15, 0.2) is 103 Å². The van der Waals surface area contributed by atoms with Crippen molar-refractivity contribution in [3.05, 3.63) is 100 Å². The summed E-state index contributed by atoms with van der Waals surface area (Å²) in [5.74, 6) is 1.20. The third kappa shape index (κ3) is 6.59. The Balaban J connectivity index is 1.42. The third-order valence-electron chi connectivity index (χ3n) is 7.08. The highest BCUT2D eigenvalue weighted by atomic mass is 79.9. The van der Waals surface area contributed by atoms with Gasteiger partial charge in [-0.3, -0.25) is 9.89 Å². The van der Waals surface area contributed by atoms with Crippen molar-refractivity contribution in [2.24, 2.45) is 16.1 Å². The number of hydrogen-bond donors (Lipinski definition) is 0. The highest BCUT2D eigenvalue weighted by molar-refractivity contribution is 9.10. The standard InChI is InChI=1S/C33H34BrN3O4S/c1-22(2)40-31-16-11-24(17-32(31)42(38,39)28-14-12-27(34)13-15-28)33(35-4)41-36-18-25-9-10-26(21-37-19-23(3)20-37)30-8-6-5-7-29(25)30/h5-18,22-23H,19-21H2,1-4H3/b35-33?,36-18+. The molecule has 0 unspecified atom stereocenters. The molecule has 1 heterocycles. The molecule has 4 aromatic rings. The molecular weight excluding hydrogens is 614 g/mol. The van der Waals surface area contributed by atoms with Gasteiger partial charge in [0.1, 0.15) is 10.6 Å². The highest BCUT2D eigenvalue weighted by Gasteiger charge is 2.25. The first-order valence-corrected chi connectivity index (χ1v) is 16.1. The predicted octanol–water partition coefficient (Wildman–Crippen LogP) is 7.10. The van der Waals surface area contributed by atoms with Gasteiger partial charge in [0.25, 0.3) is 5.90 Å². The van der Waals surface area contributed by atoms with Gasteiger partial charge in [-0.15, -0.1) is 0 Å². The summed E-state index contributed by atoms with van der Waals surface area (Å²) in [5.41, 5.74) is 2.67. The number of ether oxygens (including phenoxy) is 1. The monoisotopic (exact) mass is 647 g/mol. The lowest BCUT2D eigenvalue weighted by Gasteiger charge is -2.37. The lowest BCUT2D eigenvalue weighted by atomic mass is 9.97. The molecule has 5 rings (SSSR count). The van der Waals surface area contributed by atoms with E-state index < -0.39 is 9.84 Å². The van der Waals surface area contributed by atoms with E-state index in [-0.39, 0.29) is 27.5 Å². The molecule has 1 aliphatic heterocycles. The molecule has 218 valence electrons. The van der Waals surface area contributed by atoms with Crippen molar-refractivity contribution >= 4 is 48.7 Å². The van der Waals surface area contributed by atoms with E-state index in [0.29, 0.717) is 5.56 Å². The number of rotatable bonds is 9. The van der Waals surface area contributed by atoms with Crippen molar-refractivity contribution in [2.75, 3.05) is 20.1 Å².